The molecule has 0 amide bonds. The highest BCUT2D eigenvalue weighted by Gasteiger charge is 2.01. The molecule has 1 aromatic rings. The van der Waals surface area contributed by atoms with Gasteiger partial charge >= 0.3 is 0 Å². The average molecular weight is 188 g/mol. The van der Waals surface area contributed by atoms with Crippen LogP contribution in [-0.2, 0) is 6.42 Å². The lowest BCUT2D eigenvalue weighted by Crippen LogP contribution is -1.88. The van der Waals surface area contributed by atoms with Crippen LogP contribution in [0.4, 0.5) is 0 Å². The van der Waals surface area contributed by atoms with Crippen LogP contribution in [0.15, 0.2) is 36.9 Å². The molecule has 74 valence electrons. The Morgan fingerprint density at radius 2 is 2.00 bits per heavy atom. The van der Waals surface area contributed by atoms with E-state index in [0.717, 1.165) is 17.5 Å². The third-order valence-electron chi connectivity index (χ3n) is 2.26. The van der Waals surface area contributed by atoms with E-state index < -0.39 is 0 Å². The largest absolute Gasteiger partial charge is 0.508 e. The summed E-state index contributed by atoms with van der Waals surface area (Å²) in [6.07, 6.45) is 6.54. The summed E-state index contributed by atoms with van der Waals surface area (Å²) in [5, 5.41) is 9.54. The lowest BCUT2D eigenvalue weighted by molar-refractivity contribution is 0.470. The Hall–Kier alpha value is -1.50. The normalized spacial score (nSPS) is 10.7. The van der Waals surface area contributed by atoms with Crippen molar-refractivity contribution in [2.24, 2.45) is 0 Å². The topological polar surface area (TPSA) is 20.2 Å². The van der Waals surface area contributed by atoms with Crippen molar-refractivity contribution in [1.82, 2.24) is 0 Å². The first-order chi connectivity index (χ1) is 6.65. The van der Waals surface area contributed by atoms with Gasteiger partial charge in [0.25, 0.3) is 0 Å². The van der Waals surface area contributed by atoms with E-state index >= 15 is 0 Å². The lowest BCUT2D eigenvalue weighted by atomic mass is 10.0. The Kier molecular flexibility index (Phi) is 3.52. The van der Waals surface area contributed by atoms with Crippen LogP contribution >= 0.6 is 0 Å². The summed E-state index contributed by atoms with van der Waals surface area (Å²) in [6.45, 7) is 7.58. The summed E-state index contributed by atoms with van der Waals surface area (Å²) in [4.78, 5) is 0. The van der Waals surface area contributed by atoms with Crippen LogP contribution < -0.4 is 0 Å². The number of hydrogen-bond acceptors (Lipinski definition) is 1. The lowest BCUT2D eigenvalue weighted by Gasteiger charge is -2.06. The van der Waals surface area contributed by atoms with Crippen molar-refractivity contribution < 1.29 is 5.11 Å². The maximum atomic E-state index is 9.54. The maximum Gasteiger partial charge on any atom is 0.118 e. The van der Waals surface area contributed by atoms with Crippen LogP contribution in [0.2, 0.25) is 0 Å². The summed E-state index contributed by atoms with van der Waals surface area (Å²) < 4.78 is 0. The van der Waals surface area contributed by atoms with Crippen LogP contribution in [0.1, 0.15) is 16.7 Å². The molecule has 1 aromatic carbocycles. The van der Waals surface area contributed by atoms with Crippen LogP contribution in [-0.4, -0.2) is 5.11 Å². The summed E-state index contributed by atoms with van der Waals surface area (Å²) in [7, 11) is 0. The Balaban J connectivity index is 2.92. The molecule has 1 N–H and O–H groups in total. The SMILES string of the molecule is C=C/C=C/Cc1cc(O)c(C)cc1C. The molecule has 0 atom stereocenters. The van der Waals surface area contributed by atoms with Crippen molar-refractivity contribution in [1.29, 1.82) is 0 Å². The Morgan fingerprint density at radius 3 is 2.64 bits per heavy atom. The van der Waals surface area contributed by atoms with Gasteiger partial charge in [-0.2, -0.15) is 0 Å². The minimum Gasteiger partial charge on any atom is -0.508 e. The van der Waals surface area contributed by atoms with Crippen LogP contribution in [0.3, 0.4) is 0 Å². The first-order valence-electron chi connectivity index (χ1n) is 4.72. The molecule has 0 aliphatic rings. The minimum absolute atomic E-state index is 0.373. The zero-order valence-corrected chi connectivity index (χ0v) is 8.75. The maximum absolute atomic E-state index is 9.54. The van der Waals surface area contributed by atoms with Crippen molar-refractivity contribution in [3.05, 3.63) is 53.6 Å². The van der Waals surface area contributed by atoms with Crippen LogP contribution in [0.25, 0.3) is 0 Å². The van der Waals surface area contributed by atoms with E-state index in [1.807, 2.05) is 31.2 Å². The predicted molar refractivity (Wildman–Crippen MR) is 60.6 cm³/mol. The van der Waals surface area contributed by atoms with Crippen molar-refractivity contribution in [2.75, 3.05) is 0 Å². The van der Waals surface area contributed by atoms with Gasteiger partial charge in [-0.3, -0.25) is 0 Å². The number of benzene rings is 1. The zero-order chi connectivity index (χ0) is 10.6. The van der Waals surface area contributed by atoms with Gasteiger partial charge in [-0.15, -0.1) is 0 Å². The fourth-order valence-electron chi connectivity index (χ4n) is 1.40. The van der Waals surface area contributed by atoms with Gasteiger partial charge in [0.2, 0.25) is 0 Å². The van der Waals surface area contributed by atoms with Gasteiger partial charge in [-0.25, -0.2) is 0 Å². The van der Waals surface area contributed by atoms with E-state index in [1.165, 1.54) is 5.56 Å². The standard InChI is InChI=1S/C13H16O/c1-4-5-6-7-12-9-13(14)11(3)8-10(12)2/h4-6,8-9,14H,1,7H2,2-3H3/b6-5+. The summed E-state index contributed by atoms with van der Waals surface area (Å²) in [6, 6.07) is 3.84. The fraction of sp³-hybridized carbons (Fsp3) is 0.231. The molecule has 14 heavy (non-hydrogen) atoms. The molecule has 0 heterocycles. The molecule has 0 saturated heterocycles. The second kappa shape index (κ2) is 4.66. The van der Waals surface area contributed by atoms with E-state index in [2.05, 4.69) is 13.5 Å². The molecular weight excluding hydrogens is 172 g/mol. The summed E-state index contributed by atoms with van der Waals surface area (Å²) in [5.41, 5.74) is 3.30. The highest BCUT2D eigenvalue weighted by Crippen LogP contribution is 2.21. The van der Waals surface area contributed by atoms with Crippen LogP contribution in [0, 0.1) is 13.8 Å². The van der Waals surface area contributed by atoms with E-state index in [0.29, 0.717) is 5.75 Å². The van der Waals surface area contributed by atoms with Gasteiger partial charge in [0.15, 0.2) is 0 Å². The molecule has 0 bridgehead atoms. The number of phenols is 1. The molecule has 0 radical (unpaired) electrons. The molecular formula is C13H16O. The number of allylic oxidation sites excluding steroid dienone is 3. The van der Waals surface area contributed by atoms with Gasteiger partial charge < -0.3 is 5.11 Å². The van der Waals surface area contributed by atoms with Gasteiger partial charge in [-0.05, 0) is 43.0 Å². The van der Waals surface area contributed by atoms with Gasteiger partial charge in [0.05, 0.1) is 0 Å². The first-order valence-corrected chi connectivity index (χ1v) is 4.72. The minimum atomic E-state index is 0.373. The average Bonchev–Trinajstić information content (AvgIpc) is 2.14. The van der Waals surface area contributed by atoms with E-state index in [-0.39, 0.29) is 0 Å². The molecule has 0 aliphatic carbocycles. The molecule has 0 aliphatic heterocycles. The van der Waals surface area contributed by atoms with Crippen molar-refractivity contribution in [2.45, 2.75) is 20.3 Å². The first kappa shape index (κ1) is 10.6. The monoisotopic (exact) mass is 188 g/mol. The number of phenolic OH excluding ortho intramolecular Hbond substituents is 1. The zero-order valence-electron chi connectivity index (χ0n) is 8.75. The second-order valence-electron chi connectivity index (χ2n) is 3.43. The molecule has 0 saturated carbocycles. The predicted octanol–water partition coefficient (Wildman–Crippen LogP) is 3.29. The quantitative estimate of drug-likeness (QED) is 0.722. The smallest absolute Gasteiger partial charge is 0.118 e. The van der Waals surface area contributed by atoms with Crippen molar-refractivity contribution in [3.8, 4) is 5.75 Å². The van der Waals surface area contributed by atoms with Crippen LogP contribution in [0.5, 0.6) is 5.75 Å². The highest BCUT2D eigenvalue weighted by molar-refractivity contribution is 5.41. The van der Waals surface area contributed by atoms with E-state index in [9.17, 15) is 5.11 Å². The van der Waals surface area contributed by atoms with Gasteiger partial charge in [0.1, 0.15) is 5.75 Å². The van der Waals surface area contributed by atoms with E-state index in [1.54, 1.807) is 6.08 Å². The Labute approximate surface area is 85.4 Å². The molecule has 0 unspecified atom stereocenters. The van der Waals surface area contributed by atoms with Crippen molar-refractivity contribution >= 4 is 0 Å². The molecule has 1 nitrogen and oxygen atoms in total. The summed E-state index contributed by atoms with van der Waals surface area (Å²) in [5.74, 6) is 0.373. The molecule has 1 rings (SSSR count). The Bertz CT molecular complexity index is 362. The highest BCUT2D eigenvalue weighted by atomic mass is 16.3. The third-order valence-corrected chi connectivity index (χ3v) is 2.26. The fourth-order valence-corrected chi connectivity index (χ4v) is 1.40. The molecule has 1 heteroatoms. The second-order valence-corrected chi connectivity index (χ2v) is 3.43. The number of hydrogen-bond donors (Lipinski definition) is 1. The molecule has 0 fully saturated rings. The van der Waals surface area contributed by atoms with Gasteiger partial charge in [0, 0.05) is 0 Å². The molecule has 0 spiro atoms. The van der Waals surface area contributed by atoms with Gasteiger partial charge in [-0.1, -0.05) is 30.9 Å². The molecule has 0 aromatic heterocycles. The number of aryl methyl sites for hydroxylation is 2. The third kappa shape index (κ3) is 2.49. The van der Waals surface area contributed by atoms with Crippen molar-refractivity contribution in [3.63, 3.8) is 0 Å². The van der Waals surface area contributed by atoms with E-state index in [4.69, 9.17) is 0 Å². The number of aromatic hydroxyl groups is 1. The number of rotatable bonds is 3. The Morgan fingerprint density at radius 1 is 1.29 bits per heavy atom. The summed E-state index contributed by atoms with van der Waals surface area (Å²) >= 11 is 0.